The van der Waals surface area contributed by atoms with Crippen LogP contribution >= 0.6 is 0 Å². The van der Waals surface area contributed by atoms with Crippen LogP contribution < -0.4 is 0 Å². The summed E-state index contributed by atoms with van der Waals surface area (Å²) in [6.07, 6.45) is 1.15. The van der Waals surface area contributed by atoms with Crippen LogP contribution in [0.15, 0.2) is 48.5 Å². The standard InChI is InChI=1S/C17H15FO2/c1-11-4-3-5-13(8-11)15(10-17(19)20)14-6-7-16(18)12(2)9-14/h3-10H,1-2H3,(H,19,20)/b15-10+. The second kappa shape index (κ2) is 5.70. The molecule has 2 nitrogen and oxygen atoms in total. The predicted octanol–water partition coefficient (Wildman–Crippen LogP) is 3.96. The minimum Gasteiger partial charge on any atom is -0.478 e. The molecular formula is C17H15FO2. The van der Waals surface area contributed by atoms with Crippen LogP contribution in [-0.2, 0) is 4.79 Å². The van der Waals surface area contributed by atoms with Gasteiger partial charge in [0.2, 0.25) is 0 Å². The number of aryl methyl sites for hydroxylation is 2. The van der Waals surface area contributed by atoms with Crippen LogP contribution in [0.4, 0.5) is 4.39 Å². The largest absolute Gasteiger partial charge is 0.478 e. The first-order valence-electron chi connectivity index (χ1n) is 6.25. The van der Waals surface area contributed by atoms with Crippen LogP contribution in [0.1, 0.15) is 22.3 Å². The van der Waals surface area contributed by atoms with Gasteiger partial charge in [-0.05, 0) is 48.2 Å². The van der Waals surface area contributed by atoms with Gasteiger partial charge in [-0.15, -0.1) is 0 Å². The van der Waals surface area contributed by atoms with E-state index in [-0.39, 0.29) is 5.82 Å². The Hall–Kier alpha value is -2.42. The van der Waals surface area contributed by atoms with Gasteiger partial charge in [-0.25, -0.2) is 9.18 Å². The monoisotopic (exact) mass is 270 g/mol. The Labute approximate surface area is 117 Å². The summed E-state index contributed by atoms with van der Waals surface area (Å²) in [5.41, 5.74) is 3.60. The average molecular weight is 270 g/mol. The fraction of sp³-hybridized carbons (Fsp3) is 0.118. The van der Waals surface area contributed by atoms with E-state index in [2.05, 4.69) is 0 Å². The van der Waals surface area contributed by atoms with Crippen molar-refractivity contribution in [2.45, 2.75) is 13.8 Å². The van der Waals surface area contributed by atoms with Crippen LogP contribution in [0, 0.1) is 19.7 Å². The summed E-state index contributed by atoms with van der Waals surface area (Å²) in [5, 5.41) is 9.05. The van der Waals surface area contributed by atoms with E-state index in [1.54, 1.807) is 19.1 Å². The SMILES string of the molecule is Cc1cccc(/C(=C\C(=O)O)c2ccc(F)c(C)c2)c1. The second-order valence-electron chi connectivity index (χ2n) is 4.73. The summed E-state index contributed by atoms with van der Waals surface area (Å²) in [4.78, 5) is 11.0. The summed E-state index contributed by atoms with van der Waals surface area (Å²) in [5.74, 6) is -1.32. The fourth-order valence-corrected chi connectivity index (χ4v) is 2.08. The number of rotatable bonds is 3. The van der Waals surface area contributed by atoms with Crippen molar-refractivity contribution in [3.05, 3.63) is 76.6 Å². The lowest BCUT2D eigenvalue weighted by molar-refractivity contribution is -0.131. The third-order valence-corrected chi connectivity index (χ3v) is 3.07. The molecule has 0 bridgehead atoms. The predicted molar refractivity (Wildman–Crippen MR) is 77.0 cm³/mol. The summed E-state index contributed by atoms with van der Waals surface area (Å²) >= 11 is 0. The molecule has 3 heteroatoms. The van der Waals surface area contributed by atoms with Gasteiger partial charge in [-0.3, -0.25) is 0 Å². The van der Waals surface area contributed by atoms with Gasteiger partial charge in [0.1, 0.15) is 5.82 Å². The number of carbonyl (C=O) groups is 1. The Morgan fingerprint density at radius 2 is 1.80 bits per heavy atom. The molecule has 0 aromatic heterocycles. The summed E-state index contributed by atoms with van der Waals surface area (Å²) < 4.78 is 13.4. The summed E-state index contributed by atoms with van der Waals surface area (Å²) in [6.45, 7) is 3.60. The lowest BCUT2D eigenvalue weighted by Gasteiger charge is -2.10. The van der Waals surface area contributed by atoms with E-state index in [9.17, 15) is 9.18 Å². The highest BCUT2D eigenvalue weighted by Gasteiger charge is 2.09. The maximum absolute atomic E-state index is 13.4. The molecule has 0 aliphatic heterocycles. The van der Waals surface area contributed by atoms with Crippen LogP contribution in [0.3, 0.4) is 0 Å². The van der Waals surface area contributed by atoms with Gasteiger partial charge in [-0.2, -0.15) is 0 Å². The van der Waals surface area contributed by atoms with Gasteiger partial charge >= 0.3 is 5.97 Å². The number of aliphatic carboxylic acids is 1. The van der Waals surface area contributed by atoms with Crippen molar-refractivity contribution in [2.75, 3.05) is 0 Å². The highest BCUT2D eigenvalue weighted by molar-refractivity contribution is 5.95. The maximum Gasteiger partial charge on any atom is 0.328 e. The molecule has 102 valence electrons. The second-order valence-corrected chi connectivity index (χ2v) is 4.73. The van der Waals surface area contributed by atoms with Crippen molar-refractivity contribution in [3.8, 4) is 0 Å². The molecule has 0 unspecified atom stereocenters. The van der Waals surface area contributed by atoms with Crippen molar-refractivity contribution in [2.24, 2.45) is 0 Å². The Balaban J connectivity index is 2.59. The van der Waals surface area contributed by atoms with E-state index < -0.39 is 5.97 Å². The number of carboxylic acids is 1. The fourth-order valence-electron chi connectivity index (χ4n) is 2.08. The van der Waals surface area contributed by atoms with Gasteiger partial charge in [0.15, 0.2) is 0 Å². The van der Waals surface area contributed by atoms with E-state index in [1.807, 2.05) is 31.2 Å². The minimum absolute atomic E-state index is 0.298. The molecule has 2 aromatic carbocycles. The van der Waals surface area contributed by atoms with Crippen molar-refractivity contribution < 1.29 is 14.3 Å². The molecule has 1 N–H and O–H groups in total. The van der Waals surface area contributed by atoms with E-state index in [0.29, 0.717) is 16.7 Å². The molecule has 20 heavy (non-hydrogen) atoms. The third kappa shape index (κ3) is 3.12. The molecular weight excluding hydrogens is 255 g/mol. The number of halogens is 1. The third-order valence-electron chi connectivity index (χ3n) is 3.07. The van der Waals surface area contributed by atoms with Gasteiger partial charge < -0.3 is 5.11 Å². The number of benzene rings is 2. The Kier molecular flexibility index (Phi) is 3.99. The van der Waals surface area contributed by atoms with Crippen molar-refractivity contribution in [3.63, 3.8) is 0 Å². The quantitative estimate of drug-likeness (QED) is 0.857. The Bertz CT molecular complexity index is 687. The van der Waals surface area contributed by atoms with Gasteiger partial charge in [0.25, 0.3) is 0 Å². The van der Waals surface area contributed by atoms with Crippen LogP contribution in [0.25, 0.3) is 5.57 Å². The van der Waals surface area contributed by atoms with Crippen LogP contribution in [0.5, 0.6) is 0 Å². The minimum atomic E-state index is -1.02. The highest BCUT2D eigenvalue weighted by Crippen LogP contribution is 2.25. The molecule has 0 heterocycles. The van der Waals surface area contributed by atoms with E-state index in [1.165, 1.54) is 6.07 Å². The van der Waals surface area contributed by atoms with E-state index in [0.717, 1.165) is 17.2 Å². The maximum atomic E-state index is 13.4. The first-order valence-corrected chi connectivity index (χ1v) is 6.25. The topological polar surface area (TPSA) is 37.3 Å². The molecule has 0 fully saturated rings. The summed E-state index contributed by atoms with van der Waals surface area (Å²) in [7, 11) is 0. The zero-order valence-corrected chi connectivity index (χ0v) is 11.4. The zero-order valence-electron chi connectivity index (χ0n) is 11.4. The Morgan fingerprint density at radius 3 is 2.40 bits per heavy atom. The van der Waals surface area contributed by atoms with Crippen molar-refractivity contribution >= 4 is 11.5 Å². The van der Waals surface area contributed by atoms with Gasteiger partial charge in [0, 0.05) is 6.08 Å². The number of hydrogen-bond acceptors (Lipinski definition) is 1. The molecule has 0 saturated carbocycles. The van der Waals surface area contributed by atoms with E-state index in [4.69, 9.17) is 5.11 Å². The van der Waals surface area contributed by atoms with Crippen molar-refractivity contribution in [1.82, 2.24) is 0 Å². The molecule has 0 radical (unpaired) electrons. The summed E-state index contributed by atoms with van der Waals surface area (Å²) in [6, 6.07) is 12.2. The molecule has 0 spiro atoms. The van der Waals surface area contributed by atoms with E-state index >= 15 is 0 Å². The highest BCUT2D eigenvalue weighted by atomic mass is 19.1. The molecule has 0 aliphatic carbocycles. The smallest absolute Gasteiger partial charge is 0.328 e. The van der Waals surface area contributed by atoms with Crippen LogP contribution in [-0.4, -0.2) is 11.1 Å². The lowest BCUT2D eigenvalue weighted by atomic mass is 9.95. The number of hydrogen-bond donors (Lipinski definition) is 1. The number of carboxylic acid groups (broad SMARTS) is 1. The van der Waals surface area contributed by atoms with Crippen molar-refractivity contribution in [1.29, 1.82) is 0 Å². The first-order chi connectivity index (χ1) is 9.47. The first kappa shape index (κ1) is 14.0. The molecule has 0 aliphatic rings. The molecule has 2 rings (SSSR count). The zero-order chi connectivity index (χ0) is 14.7. The molecule has 0 amide bonds. The molecule has 0 atom stereocenters. The molecule has 2 aromatic rings. The normalized spacial score (nSPS) is 11.4. The Morgan fingerprint density at radius 1 is 1.10 bits per heavy atom. The molecule has 0 saturated heterocycles. The average Bonchev–Trinajstić information content (AvgIpc) is 2.39. The van der Waals surface area contributed by atoms with Gasteiger partial charge in [-0.1, -0.05) is 35.9 Å². The van der Waals surface area contributed by atoms with Crippen LogP contribution in [0.2, 0.25) is 0 Å². The lowest BCUT2D eigenvalue weighted by Crippen LogP contribution is -1.96. The van der Waals surface area contributed by atoms with Gasteiger partial charge in [0.05, 0.1) is 0 Å².